The lowest BCUT2D eigenvalue weighted by atomic mass is 9.94. The zero-order valence-corrected chi connectivity index (χ0v) is 14.3. The van der Waals surface area contributed by atoms with Gasteiger partial charge in [-0.15, -0.1) is 0 Å². The Morgan fingerprint density at radius 3 is 3.12 bits per heavy atom. The van der Waals surface area contributed by atoms with Crippen LogP contribution in [0, 0.1) is 6.92 Å². The third kappa shape index (κ3) is 4.19. The number of hydrogen-bond acceptors (Lipinski definition) is 6. The van der Waals surface area contributed by atoms with E-state index in [-0.39, 0.29) is 23.1 Å². The molecule has 1 atom stereocenters. The van der Waals surface area contributed by atoms with Gasteiger partial charge in [-0.3, -0.25) is 9.59 Å². The quantitative estimate of drug-likeness (QED) is 0.665. The molecular weight excluding hydrogens is 326 g/mol. The monoisotopic (exact) mass is 345 g/mol. The van der Waals surface area contributed by atoms with Crippen molar-refractivity contribution in [3.05, 3.63) is 46.4 Å². The van der Waals surface area contributed by atoms with Gasteiger partial charge in [0.15, 0.2) is 5.16 Å². The van der Waals surface area contributed by atoms with Crippen LogP contribution < -0.4 is 5.56 Å². The number of carbonyl (C=O) groups excluding carboxylic acids is 1. The van der Waals surface area contributed by atoms with E-state index < -0.39 is 0 Å². The molecule has 2 aromatic rings. The summed E-state index contributed by atoms with van der Waals surface area (Å²) >= 11 is 1.26. The van der Waals surface area contributed by atoms with Gasteiger partial charge in [-0.1, -0.05) is 11.8 Å². The Labute approximate surface area is 143 Å². The number of aromatic amines is 1. The van der Waals surface area contributed by atoms with Crippen molar-refractivity contribution in [1.82, 2.24) is 24.8 Å². The summed E-state index contributed by atoms with van der Waals surface area (Å²) in [7, 11) is 0. The minimum Gasteiger partial charge on any atom is -0.341 e. The second-order valence-corrected chi connectivity index (χ2v) is 6.76. The maximum Gasteiger partial charge on any atom is 0.251 e. The molecule has 0 spiro atoms. The maximum atomic E-state index is 12.5. The van der Waals surface area contributed by atoms with Crippen molar-refractivity contribution in [2.45, 2.75) is 30.8 Å². The lowest BCUT2D eigenvalue weighted by molar-refractivity contribution is -0.129. The van der Waals surface area contributed by atoms with E-state index in [2.05, 4.69) is 19.9 Å². The van der Waals surface area contributed by atoms with Crippen LogP contribution in [0.3, 0.4) is 0 Å². The van der Waals surface area contributed by atoms with Gasteiger partial charge in [-0.2, -0.15) is 0 Å². The number of carbonyl (C=O) groups is 1. The van der Waals surface area contributed by atoms with Crippen LogP contribution in [0.25, 0.3) is 0 Å². The van der Waals surface area contributed by atoms with E-state index in [1.165, 1.54) is 17.8 Å². The molecule has 2 aromatic heterocycles. The molecule has 7 nitrogen and oxygen atoms in total. The van der Waals surface area contributed by atoms with Crippen LogP contribution in [0.15, 0.2) is 34.6 Å². The fourth-order valence-corrected chi connectivity index (χ4v) is 3.65. The third-order valence-electron chi connectivity index (χ3n) is 3.98. The van der Waals surface area contributed by atoms with Gasteiger partial charge in [0.2, 0.25) is 5.91 Å². The summed E-state index contributed by atoms with van der Waals surface area (Å²) in [6, 6.07) is 3.34. The van der Waals surface area contributed by atoms with E-state index in [0.29, 0.717) is 17.4 Å². The van der Waals surface area contributed by atoms with E-state index in [1.54, 1.807) is 19.4 Å². The number of likely N-dealkylation sites (tertiary alicyclic amines) is 1. The summed E-state index contributed by atoms with van der Waals surface area (Å²) in [5, 5.41) is 0.484. The Balaban J connectivity index is 1.59. The maximum absolute atomic E-state index is 12.5. The van der Waals surface area contributed by atoms with Gasteiger partial charge in [-0.05, 0) is 25.8 Å². The van der Waals surface area contributed by atoms with E-state index in [9.17, 15) is 9.59 Å². The highest BCUT2D eigenvalue weighted by molar-refractivity contribution is 7.99. The Hall–Kier alpha value is -2.22. The van der Waals surface area contributed by atoms with Crippen LogP contribution in [0.2, 0.25) is 0 Å². The smallest absolute Gasteiger partial charge is 0.251 e. The average molecular weight is 345 g/mol. The molecule has 24 heavy (non-hydrogen) atoms. The van der Waals surface area contributed by atoms with Crippen molar-refractivity contribution >= 4 is 17.7 Å². The van der Waals surface area contributed by atoms with Gasteiger partial charge in [0, 0.05) is 42.7 Å². The SMILES string of the molecule is Cc1cc(=O)[nH]c(SCC(=O)N2CCCC(c3ccncn3)C2)n1. The molecule has 1 amide bonds. The number of piperidine rings is 1. The number of amides is 1. The Morgan fingerprint density at radius 2 is 2.38 bits per heavy atom. The van der Waals surface area contributed by atoms with E-state index in [4.69, 9.17) is 0 Å². The molecule has 1 aliphatic heterocycles. The molecule has 0 radical (unpaired) electrons. The molecule has 1 fully saturated rings. The summed E-state index contributed by atoms with van der Waals surface area (Å²) in [5.74, 6) is 0.582. The zero-order chi connectivity index (χ0) is 16.9. The van der Waals surface area contributed by atoms with Crippen LogP contribution >= 0.6 is 11.8 Å². The van der Waals surface area contributed by atoms with Crippen molar-refractivity contribution < 1.29 is 4.79 Å². The first-order valence-electron chi connectivity index (χ1n) is 7.86. The molecule has 3 rings (SSSR count). The lowest BCUT2D eigenvalue weighted by Crippen LogP contribution is -2.40. The zero-order valence-electron chi connectivity index (χ0n) is 13.4. The highest BCUT2D eigenvalue weighted by Gasteiger charge is 2.25. The predicted molar refractivity (Wildman–Crippen MR) is 90.9 cm³/mol. The number of nitrogens with zero attached hydrogens (tertiary/aromatic N) is 4. The van der Waals surface area contributed by atoms with Crippen LogP contribution in [-0.2, 0) is 4.79 Å². The first-order valence-corrected chi connectivity index (χ1v) is 8.85. The molecule has 126 valence electrons. The number of thioether (sulfide) groups is 1. The normalized spacial score (nSPS) is 17.7. The Kier molecular flexibility index (Phi) is 5.24. The Morgan fingerprint density at radius 1 is 1.50 bits per heavy atom. The summed E-state index contributed by atoms with van der Waals surface area (Å²) < 4.78 is 0. The lowest BCUT2D eigenvalue weighted by Gasteiger charge is -2.32. The standard InChI is InChI=1S/C16H19N5O2S/c1-11-7-14(22)20-16(19-11)24-9-15(23)21-6-2-3-12(8-21)13-4-5-17-10-18-13/h4-5,7,10,12H,2-3,6,8-9H2,1H3,(H,19,20,22). The topological polar surface area (TPSA) is 91.8 Å². The molecular formula is C16H19N5O2S. The second-order valence-electron chi connectivity index (χ2n) is 5.79. The fraction of sp³-hybridized carbons (Fsp3) is 0.438. The van der Waals surface area contributed by atoms with Gasteiger partial charge in [0.25, 0.3) is 5.56 Å². The van der Waals surface area contributed by atoms with Crippen LogP contribution in [-0.4, -0.2) is 49.6 Å². The van der Waals surface area contributed by atoms with E-state index >= 15 is 0 Å². The molecule has 8 heteroatoms. The first-order chi connectivity index (χ1) is 11.6. The second kappa shape index (κ2) is 7.57. The number of nitrogens with one attached hydrogen (secondary N) is 1. The van der Waals surface area contributed by atoms with Crippen LogP contribution in [0.1, 0.15) is 30.1 Å². The fourth-order valence-electron chi connectivity index (χ4n) is 2.83. The molecule has 3 heterocycles. The molecule has 1 N–H and O–H groups in total. The van der Waals surface area contributed by atoms with Crippen molar-refractivity contribution in [2.24, 2.45) is 0 Å². The van der Waals surface area contributed by atoms with Gasteiger partial charge in [-0.25, -0.2) is 15.0 Å². The third-order valence-corrected chi connectivity index (χ3v) is 4.84. The summed E-state index contributed by atoms with van der Waals surface area (Å²) in [5.41, 5.74) is 1.44. The molecule has 1 saturated heterocycles. The number of H-pyrrole nitrogens is 1. The van der Waals surface area contributed by atoms with E-state index in [1.807, 2.05) is 11.0 Å². The Bertz CT molecular complexity index is 765. The minimum atomic E-state index is -0.195. The summed E-state index contributed by atoms with van der Waals surface area (Å²) in [4.78, 5) is 40.9. The number of aryl methyl sites for hydroxylation is 1. The van der Waals surface area contributed by atoms with Crippen LogP contribution in [0.5, 0.6) is 0 Å². The van der Waals surface area contributed by atoms with E-state index in [0.717, 1.165) is 25.1 Å². The summed E-state index contributed by atoms with van der Waals surface area (Å²) in [6.45, 7) is 3.20. The van der Waals surface area contributed by atoms with Gasteiger partial charge >= 0.3 is 0 Å². The summed E-state index contributed by atoms with van der Waals surface area (Å²) in [6.07, 6.45) is 5.27. The first kappa shape index (κ1) is 16.6. The molecule has 0 saturated carbocycles. The highest BCUT2D eigenvalue weighted by atomic mass is 32.2. The highest BCUT2D eigenvalue weighted by Crippen LogP contribution is 2.25. The average Bonchev–Trinajstić information content (AvgIpc) is 2.60. The number of rotatable bonds is 4. The van der Waals surface area contributed by atoms with Gasteiger partial charge in [0.1, 0.15) is 6.33 Å². The van der Waals surface area contributed by atoms with Crippen molar-refractivity contribution in [3.8, 4) is 0 Å². The predicted octanol–water partition coefficient (Wildman–Crippen LogP) is 1.37. The molecule has 1 unspecified atom stereocenters. The van der Waals surface area contributed by atoms with Gasteiger partial charge < -0.3 is 9.88 Å². The van der Waals surface area contributed by atoms with Crippen molar-refractivity contribution in [1.29, 1.82) is 0 Å². The molecule has 0 aromatic carbocycles. The minimum absolute atomic E-state index is 0.0583. The van der Waals surface area contributed by atoms with Crippen LogP contribution in [0.4, 0.5) is 0 Å². The largest absolute Gasteiger partial charge is 0.341 e. The number of hydrogen-bond donors (Lipinski definition) is 1. The van der Waals surface area contributed by atoms with Gasteiger partial charge in [0.05, 0.1) is 5.75 Å². The molecule has 0 aliphatic carbocycles. The molecule has 1 aliphatic rings. The van der Waals surface area contributed by atoms with Crippen molar-refractivity contribution in [3.63, 3.8) is 0 Å². The molecule has 0 bridgehead atoms. The number of aromatic nitrogens is 4. The van der Waals surface area contributed by atoms with Crippen molar-refractivity contribution in [2.75, 3.05) is 18.8 Å².